The largest absolute Gasteiger partial charge is 0.497 e. The van der Waals surface area contributed by atoms with Gasteiger partial charge in [0.2, 0.25) is 5.75 Å². The molecule has 0 atom stereocenters. The minimum Gasteiger partial charge on any atom is -0.497 e. The first-order valence-electron chi connectivity index (χ1n) is 7.14. The van der Waals surface area contributed by atoms with Crippen LogP contribution in [0.1, 0.15) is 19.3 Å². The van der Waals surface area contributed by atoms with Crippen molar-refractivity contribution < 1.29 is 14.2 Å². The number of hydrogen-bond acceptors (Lipinski definition) is 4. The van der Waals surface area contributed by atoms with Crippen molar-refractivity contribution in [2.45, 2.75) is 19.3 Å². The quantitative estimate of drug-likeness (QED) is 0.645. The zero-order valence-electron chi connectivity index (χ0n) is 12.3. The third kappa shape index (κ3) is 2.89. The van der Waals surface area contributed by atoms with Crippen LogP contribution in [0.3, 0.4) is 0 Å². The van der Waals surface area contributed by atoms with E-state index < -0.39 is 0 Å². The first-order valence-corrected chi connectivity index (χ1v) is 7.51. The van der Waals surface area contributed by atoms with Crippen molar-refractivity contribution >= 4 is 22.5 Å². The normalized spacial score (nSPS) is 17.7. The molecule has 3 rings (SSSR count). The molecule has 1 aromatic heterocycles. The maximum atomic E-state index is 6.27. The molecule has 0 unspecified atom stereocenters. The van der Waals surface area contributed by atoms with Gasteiger partial charge in [0.05, 0.1) is 18.0 Å². The molecule has 1 aromatic carbocycles. The van der Waals surface area contributed by atoms with Gasteiger partial charge in [0.25, 0.3) is 0 Å². The summed E-state index contributed by atoms with van der Waals surface area (Å²) in [5.74, 6) is 1.38. The number of aromatic nitrogens is 2. The summed E-state index contributed by atoms with van der Waals surface area (Å²) in [6.07, 6.45) is 5.05. The number of fused-ring (bicyclic) bond motifs is 1. The van der Waals surface area contributed by atoms with Crippen LogP contribution in [0.25, 0.3) is 10.9 Å². The molecule has 6 heteroatoms. The standard InChI is InChI=1S/C15H19ClN3O2/c1-19(6-4-3-5-7-19)21-13-9-11(20-2)8-12-14(13)15(16)18-10-17-12/h8-10H,3-7H2,1-2H3/q+1. The third-order valence-corrected chi connectivity index (χ3v) is 4.23. The van der Waals surface area contributed by atoms with Gasteiger partial charge in [-0.15, -0.1) is 4.65 Å². The van der Waals surface area contributed by atoms with Gasteiger partial charge in [-0.05, 0) is 6.42 Å². The van der Waals surface area contributed by atoms with E-state index in [1.165, 1.54) is 25.6 Å². The molecule has 1 fully saturated rings. The minimum atomic E-state index is 0.404. The monoisotopic (exact) mass is 308 g/mol. The van der Waals surface area contributed by atoms with Gasteiger partial charge in [-0.3, -0.25) is 0 Å². The number of halogens is 1. The predicted molar refractivity (Wildman–Crippen MR) is 81.5 cm³/mol. The molecule has 21 heavy (non-hydrogen) atoms. The van der Waals surface area contributed by atoms with E-state index in [0.717, 1.165) is 24.0 Å². The molecule has 5 nitrogen and oxygen atoms in total. The van der Waals surface area contributed by atoms with Crippen LogP contribution in [0.4, 0.5) is 0 Å². The fourth-order valence-electron chi connectivity index (χ4n) is 2.79. The summed E-state index contributed by atoms with van der Waals surface area (Å²) in [5, 5.41) is 1.14. The molecule has 0 amide bonds. The molecule has 0 N–H and O–H groups in total. The number of rotatable bonds is 3. The van der Waals surface area contributed by atoms with Gasteiger partial charge in [-0.2, -0.15) is 0 Å². The Morgan fingerprint density at radius 2 is 1.90 bits per heavy atom. The molecule has 1 saturated heterocycles. The topological polar surface area (TPSA) is 44.2 Å². The molecule has 0 spiro atoms. The Hall–Kier alpha value is -1.59. The first kappa shape index (κ1) is 14.4. The molecule has 0 bridgehead atoms. The summed E-state index contributed by atoms with van der Waals surface area (Å²) in [6, 6.07) is 3.70. The Labute approximate surface area is 129 Å². The number of nitrogens with zero attached hydrogens (tertiary/aromatic N) is 3. The van der Waals surface area contributed by atoms with Crippen LogP contribution in [0.15, 0.2) is 18.5 Å². The summed E-state index contributed by atoms with van der Waals surface area (Å²) in [7, 11) is 3.73. The lowest BCUT2D eigenvalue weighted by Crippen LogP contribution is -2.50. The summed E-state index contributed by atoms with van der Waals surface area (Å²) in [6.45, 7) is 1.98. The summed E-state index contributed by atoms with van der Waals surface area (Å²) in [5.41, 5.74) is 0.730. The number of methoxy groups -OCH3 is 1. The van der Waals surface area contributed by atoms with E-state index in [-0.39, 0.29) is 0 Å². The molecular weight excluding hydrogens is 290 g/mol. The maximum Gasteiger partial charge on any atom is 0.206 e. The number of hydrogen-bond donors (Lipinski definition) is 0. The van der Waals surface area contributed by atoms with Crippen molar-refractivity contribution in [2.24, 2.45) is 0 Å². The summed E-state index contributed by atoms with van der Waals surface area (Å²) >= 11 is 6.24. The molecule has 112 valence electrons. The second-order valence-electron chi connectivity index (χ2n) is 5.58. The van der Waals surface area contributed by atoms with Crippen LogP contribution >= 0.6 is 11.6 Å². The highest BCUT2D eigenvalue weighted by Crippen LogP contribution is 2.35. The van der Waals surface area contributed by atoms with Crippen molar-refractivity contribution in [3.63, 3.8) is 0 Å². The molecule has 2 heterocycles. The van der Waals surface area contributed by atoms with Crippen LogP contribution in [0.2, 0.25) is 5.15 Å². The van der Waals surface area contributed by atoms with Gasteiger partial charge in [0, 0.05) is 25.0 Å². The van der Waals surface area contributed by atoms with Crippen molar-refractivity contribution in [3.05, 3.63) is 23.6 Å². The van der Waals surface area contributed by atoms with Gasteiger partial charge in [0.15, 0.2) is 0 Å². The van der Waals surface area contributed by atoms with Crippen LogP contribution in [-0.2, 0) is 0 Å². The molecule has 1 aliphatic heterocycles. The van der Waals surface area contributed by atoms with Gasteiger partial charge in [-0.1, -0.05) is 11.6 Å². The smallest absolute Gasteiger partial charge is 0.206 e. The van der Waals surface area contributed by atoms with Crippen molar-refractivity contribution in [3.8, 4) is 11.5 Å². The average Bonchev–Trinajstić information content (AvgIpc) is 2.47. The first-order chi connectivity index (χ1) is 10.1. The highest BCUT2D eigenvalue weighted by molar-refractivity contribution is 6.34. The van der Waals surface area contributed by atoms with E-state index in [0.29, 0.717) is 21.3 Å². The molecular formula is C15H19ClN3O2+. The number of benzene rings is 1. The lowest BCUT2D eigenvalue weighted by molar-refractivity contribution is -1.07. The van der Waals surface area contributed by atoms with Gasteiger partial charge in [-0.25, -0.2) is 9.97 Å². The Bertz CT molecular complexity index is 657. The van der Waals surface area contributed by atoms with Crippen LogP contribution in [0, 0.1) is 0 Å². The fraction of sp³-hybridized carbons (Fsp3) is 0.467. The van der Waals surface area contributed by atoms with Crippen LogP contribution in [-0.4, -0.2) is 41.9 Å². The molecule has 0 aliphatic carbocycles. The number of likely N-dealkylation sites (tertiary alicyclic amines) is 1. The highest BCUT2D eigenvalue weighted by atomic mass is 35.5. The average molecular weight is 309 g/mol. The highest BCUT2D eigenvalue weighted by Gasteiger charge is 2.29. The SMILES string of the molecule is COc1cc(O[N+]2(C)CCCCC2)c2c(Cl)ncnc2c1. The zero-order chi connectivity index (χ0) is 14.9. The predicted octanol–water partition coefficient (Wildman–Crippen LogP) is 3.22. The van der Waals surface area contributed by atoms with E-state index in [9.17, 15) is 0 Å². The Kier molecular flexibility index (Phi) is 3.87. The Morgan fingerprint density at radius 3 is 2.62 bits per heavy atom. The van der Waals surface area contributed by atoms with Crippen LogP contribution < -0.4 is 9.57 Å². The van der Waals surface area contributed by atoms with Crippen molar-refractivity contribution in [2.75, 3.05) is 27.2 Å². The zero-order valence-corrected chi connectivity index (χ0v) is 13.1. The number of quaternary nitrogens is 1. The van der Waals surface area contributed by atoms with Crippen molar-refractivity contribution in [1.29, 1.82) is 0 Å². The van der Waals surface area contributed by atoms with Gasteiger partial charge < -0.3 is 9.57 Å². The number of piperidine rings is 1. The molecule has 0 radical (unpaired) electrons. The van der Waals surface area contributed by atoms with Gasteiger partial charge >= 0.3 is 0 Å². The molecule has 1 aliphatic rings. The second kappa shape index (κ2) is 5.66. The second-order valence-corrected chi connectivity index (χ2v) is 5.94. The maximum absolute atomic E-state index is 6.27. The van der Waals surface area contributed by atoms with E-state index in [1.54, 1.807) is 7.11 Å². The van der Waals surface area contributed by atoms with E-state index in [1.807, 2.05) is 12.1 Å². The van der Waals surface area contributed by atoms with Crippen molar-refractivity contribution in [1.82, 2.24) is 9.97 Å². The molecule has 0 saturated carbocycles. The van der Waals surface area contributed by atoms with Gasteiger partial charge in [0.1, 0.15) is 37.4 Å². The summed E-state index contributed by atoms with van der Waals surface area (Å²) in [4.78, 5) is 14.6. The lowest BCUT2D eigenvalue weighted by atomic mass is 10.1. The third-order valence-electron chi connectivity index (χ3n) is 3.95. The minimum absolute atomic E-state index is 0.404. The van der Waals surface area contributed by atoms with Crippen LogP contribution in [0.5, 0.6) is 11.5 Å². The van der Waals surface area contributed by atoms with E-state index >= 15 is 0 Å². The number of hydroxylamine groups is 3. The van der Waals surface area contributed by atoms with E-state index in [2.05, 4.69) is 17.0 Å². The summed E-state index contributed by atoms with van der Waals surface area (Å²) < 4.78 is 5.88. The lowest BCUT2D eigenvalue weighted by Gasteiger charge is -2.35. The Morgan fingerprint density at radius 1 is 1.14 bits per heavy atom. The molecule has 2 aromatic rings. The Balaban J connectivity index is 2.07. The van der Waals surface area contributed by atoms with E-state index in [4.69, 9.17) is 21.2 Å². The fourth-order valence-corrected chi connectivity index (χ4v) is 3.02. The number of ether oxygens (including phenoxy) is 1.